The van der Waals surface area contributed by atoms with E-state index >= 15 is 0 Å². The van der Waals surface area contributed by atoms with Crippen molar-refractivity contribution in [2.24, 2.45) is 0 Å². The quantitative estimate of drug-likeness (QED) is 0.687. The monoisotopic (exact) mass is 210 g/mol. The summed E-state index contributed by atoms with van der Waals surface area (Å²) in [7, 11) is 0. The molecule has 0 saturated carbocycles. The number of halogens is 1. The Morgan fingerprint density at radius 3 is 2.64 bits per heavy atom. The molecule has 0 heterocycles. The van der Waals surface area contributed by atoms with Crippen LogP contribution in [0.4, 0.5) is 0 Å². The summed E-state index contributed by atoms with van der Waals surface area (Å²) in [4.78, 5) is 10.5. The molecule has 0 amide bonds. The van der Waals surface area contributed by atoms with Gasteiger partial charge in [0.2, 0.25) is 0 Å². The molecule has 0 aliphatic carbocycles. The highest BCUT2D eigenvalue weighted by Crippen LogP contribution is 2.15. The largest absolute Gasteiger partial charge is 0.298 e. The normalized spacial score (nSPS) is 9.18. The molecule has 0 aromatic heterocycles. The fraction of sp³-hybridized carbons (Fsp3) is 0. The first kappa shape index (κ1) is 8.21. The predicted octanol–water partition coefficient (Wildman–Crippen LogP) is 2.90. The van der Waals surface area contributed by atoms with E-state index in [1.807, 2.05) is 12.1 Å². The minimum Gasteiger partial charge on any atom is -0.298 e. The molecule has 0 N–H and O–H groups in total. The van der Waals surface area contributed by atoms with Gasteiger partial charge in [-0.25, -0.2) is 0 Å². The van der Waals surface area contributed by atoms with Crippen molar-refractivity contribution in [2.75, 3.05) is 0 Å². The lowest BCUT2D eigenvalue weighted by Crippen LogP contribution is -1.84. The van der Waals surface area contributed by atoms with Gasteiger partial charge in [-0.2, -0.15) is 0 Å². The van der Waals surface area contributed by atoms with Crippen molar-refractivity contribution in [3.8, 4) is 0 Å². The highest BCUT2D eigenvalue weighted by Gasteiger charge is 1.96. The van der Waals surface area contributed by atoms with Crippen LogP contribution in [0.2, 0.25) is 0 Å². The van der Waals surface area contributed by atoms with E-state index < -0.39 is 0 Å². The number of hydrogen-bond donors (Lipinski definition) is 0. The Hall–Kier alpha value is -0.890. The second-order valence-electron chi connectivity index (χ2n) is 2.10. The molecule has 0 radical (unpaired) electrons. The van der Waals surface area contributed by atoms with E-state index in [-0.39, 0.29) is 0 Å². The molecule has 1 aromatic carbocycles. The van der Waals surface area contributed by atoms with Gasteiger partial charge in [0.1, 0.15) is 0 Å². The van der Waals surface area contributed by atoms with Gasteiger partial charge in [-0.15, -0.1) is 0 Å². The molecule has 1 nitrogen and oxygen atoms in total. The van der Waals surface area contributed by atoms with Crippen molar-refractivity contribution in [1.82, 2.24) is 0 Å². The van der Waals surface area contributed by atoms with Crippen LogP contribution in [0.25, 0.3) is 6.08 Å². The summed E-state index contributed by atoms with van der Waals surface area (Å²) in [5, 5.41) is 0. The maximum Gasteiger partial charge on any atom is 0.150 e. The Balaban J connectivity index is 3.26. The van der Waals surface area contributed by atoms with Crippen LogP contribution < -0.4 is 0 Å². The standard InChI is InChI=1S/C9H7BrO/c1-2-7-3-4-9(10)5-8(7)6-11/h2-6H,1H2. The summed E-state index contributed by atoms with van der Waals surface area (Å²) in [6, 6.07) is 5.49. The van der Waals surface area contributed by atoms with E-state index in [2.05, 4.69) is 22.5 Å². The number of rotatable bonds is 2. The Labute approximate surface area is 73.9 Å². The number of carbonyl (C=O) groups excluding carboxylic acids is 1. The number of benzene rings is 1. The summed E-state index contributed by atoms with van der Waals surface area (Å²) in [6.45, 7) is 3.60. The molecule has 56 valence electrons. The smallest absolute Gasteiger partial charge is 0.150 e. The van der Waals surface area contributed by atoms with E-state index in [4.69, 9.17) is 0 Å². The molecule has 0 aliphatic heterocycles. The molecule has 0 spiro atoms. The zero-order chi connectivity index (χ0) is 8.27. The molecular formula is C9H7BrO. The maximum atomic E-state index is 10.5. The Bertz CT molecular complexity index is 292. The summed E-state index contributed by atoms with van der Waals surface area (Å²) in [5.41, 5.74) is 1.53. The van der Waals surface area contributed by atoms with Crippen LogP contribution in [0.1, 0.15) is 15.9 Å². The summed E-state index contributed by atoms with van der Waals surface area (Å²) >= 11 is 3.27. The Morgan fingerprint density at radius 2 is 2.09 bits per heavy atom. The highest BCUT2D eigenvalue weighted by atomic mass is 79.9. The zero-order valence-corrected chi connectivity index (χ0v) is 7.47. The summed E-state index contributed by atoms with van der Waals surface area (Å²) in [5.74, 6) is 0. The number of carbonyl (C=O) groups is 1. The third-order valence-electron chi connectivity index (χ3n) is 1.40. The van der Waals surface area contributed by atoms with Gasteiger partial charge < -0.3 is 0 Å². The van der Waals surface area contributed by atoms with Crippen LogP contribution in [-0.4, -0.2) is 6.29 Å². The van der Waals surface area contributed by atoms with Gasteiger partial charge >= 0.3 is 0 Å². The van der Waals surface area contributed by atoms with Crippen molar-refractivity contribution in [1.29, 1.82) is 0 Å². The lowest BCUT2D eigenvalue weighted by molar-refractivity contribution is 0.112. The van der Waals surface area contributed by atoms with Gasteiger partial charge in [-0.1, -0.05) is 34.7 Å². The first-order valence-electron chi connectivity index (χ1n) is 3.15. The topological polar surface area (TPSA) is 17.1 Å². The molecule has 11 heavy (non-hydrogen) atoms. The molecule has 2 heteroatoms. The van der Waals surface area contributed by atoms with Crippen LogP contribution in [0, 0.1) is 0 Å². The molecule has 1 rings (SSSR count). The highest BCUT2D eigenvalue weighted by molar-refractivity contribution is 9.10. The van der Waals surface area contributed by atoms with Gasteiger partial charge in [0.25, 0.3) is 0 Å². The second kappa shape index (κ2) is 3.49. The molecule has 1 aromatic rings. The average molecular weight is 211 g/mol. The van der Waals surface area contributed by atoms with Crippen molar-refractivity contribution >= 4 is 28.3 Å². The second-order valence-corrected chi connectivity index (χ2v) is 3.01. The molecule has 0 saturated heterocycles. The van der Waals surface area contributed by atoms with E-state index in [0.717, 1.165) is 16.3 Å². The fourth-order valence-corrected chi connectivity index (χ4v) is 1.21. The van der Waals surface area contributed by atoms with Crippen LogP contribution in [0.3, 0.4) is 0 Å². The van der Waals surface area contributed by atoms with Crippen LogP contribution in [0.15, 0.2) is 29.3 Å². The molecular weight excluding hydrogens is 204 g/mol. The average Bonchev–Trinajstić information content (AvgIpc) is 2.04. The van der Waals surface area contributed by atoms with Gasteiger partial charge in [0, 0.05) is 10.0 Å². The molecule has 0 fully saturated rings. The summed E-state index contributed by atoms with van der Waals surface area (Å²) < 4.78 is 0.908. The number of hydrogen-bond acceptors (Lipinski definition) is 1. The van der Waals surface area contributed by atoms with Gasteiger partial charge in [0.15, 0.2) is 6.29 Å². The Morgan fingerprint density at radius 1 is 1.36 bits per heavy atom. The lowest BCUT2D eigenvalue weighted by atomic mass is 10.1. The minimum atomic E-state index is 0.661. The minimum absolute atomic E-state index is 0.661. The van der Waals surface area contributed by atoms with Crippen molar-refractivity contribution in [3.05, 3.63) is 40.4 Å². The Kier molecular flexibility index (Phi) is 2.60. The van der Waals surface area contributed by atoms with Crippen LogP contribution in [-0.2, 0) is 0 Å². The first-order chi connectivity index (χ1) is 5.27. The summed E-state index contributed by atoms with van der Waals surface area (Å²) in [6.07, 6.45) is 2.48. The zero-order valence-electron chi connectivity index (χ0n) is 5.88. The molecule has 0 atom stereocenters. The van der Waals surface area contributed by atoms with Crippen molar-refractivity contribution in [3.63, 3.8) is 0 Å². The predicted molar refractivity (Wildman–Crippen MR) is 49.6 cm³/mol. The lowest BCUT2D eigenvalue weighted by Gasteiger charge is -1.97. The fourth-order valence-electron chi connectivity index (χ4n) is 0.834. The molecule has 0 bridgehead atoms. The van der Waals surface area contributed by atoms with Gasteiger partial charge in [0.05, 0.1) is 0 Å². The first-order valence-corrected chi connectivity index (χ1v) is 3.94. The maximum absolute atomic E-state index is 10.5. The van der Waals surface area contributed by atoms with E-state index in [0.29, 0.717) is 5.56 Å². The van der Waals surface area contributed by atoms with Crippen molar-refractivity contribution in [2.45, 2.75) is 0 Å². The molecule has 0 unspecified atom stereocenters. The van der Waals surface area contributed by atoms with E-state index in [1.54, 1.807) is 12.1 Å². The van der Waals surface area contributed by atoms with Crippen LogP contribution >= 0.6 is 15.9 Å². The number of aldehydes is 1. The third kappa shape index (κ3) is 1.77. The van der Waals surface area contributed by atoms with Crippen molar-refractivity contribution < 1.29 is 4.79 Å². The van der Waals surface area contributed by atoms with Gasteiger partial charge in [-0.3, -0.25) is 4.79 Å². The SMILES string of the molecule is C=Cc1ccc(Br)cc1C=O. The van der Waals surface area contributed by atoms with E-state index in [1.165, 1.54) is 0 Å². The molecule has 0 aliphatic rings. The van der Waals surface area contributed by atoms with E-state index in [9.17, 15) is 4.79 Å². The van der Waals surface area contributed by atoms with Gasteiger partial charge in [-0.05, 0) is 17.7 Å². The third-order valence-corrected chi connectivity index (χ3v) is 1.89. The van der Waals surface area contributed by atoms with Crippen LogP contribution in [0.5, 0.6) is 0 Å².